The minimum absolute atomic E-state index is 0.0471. The van der Waals surface area contributed by atoms with E-state index in [1.54, 1.807) is 0 Å². The Bertz CT molecular complexity index is 2640. The van der Waals surface area contributed by atoms with E-state index >= 15 is 0 Å². The third-order valence-electron chi connectivity index (χ3n) is 8.56. The van der Waals surface area contributed by atoms with Crippen LogP contribution in [0.2, 0.25) is 0 Å². The number of carbonyl (C=O) groups excluding carboxylic acids is 5. The van der Waals surface area contributed by atoms with E-state index in [2.05, 4.69) is 52.0 Å². The molecule has 312 valence electrons. The SMILES string of the molecule is COc1c(NC(=O)c2ccc(NC(=O)c3ccc(NC(=O)[C@H](Cc4c[nH]nn4)NC(=O)c4ccc(NC(=O)c5cnc(N)s5)cc4)cn3)c(OC)c2O)ccc(C(=O)O)c1O. The number of hydrogen-bond donors (Lipinski definition) is 10. The average molecular weight is 852 g/mol. The second-order valence-electron chi connectivity index (χ2n) is 12.5. The molecule has 5 amide bonds. The molecule has 3 aromatic carbocycles. The van der Waals surface area contributed by atoms with Crippen LogP contribution in [0.4, 0.5) is 27.9 Å². The van der Waals surface area contributed by atoms with Gasteiger partial charge in [-0.15, -0.1) is 5.10 Å². The van der Waals surface area contributed by atoms with Crippen LogP contribution in [0.25, 0.3) is 0 Å². The Balaban J connectivity index is 1.09. The van der Waals surface area contributed by atoms with Gasteiger partial charge in [0.25, 0.3) is 23.6 Å². The predicted molar refractivity (Wildman–Crippen MR) is 217 cm³/mol. The van der Waals surface area contributed by atoms with Crippen molar-refractivity contribution in [3.63, 3.8) is 0 Å². The summed E-state index contributed by atoms with van der Waals surface area (Å²) in [6.07, 6.45) is 3.95. The van der Waals surface area contributed by atoms with E-state index in [9.17, 15) is 44.1 Å². The van der Waals surface area contributed by atoms with E-state index in [1.807, 2.05) is 0 Å². The van der Waals surface area contributed by atoms with Gasteiger partial charge in [-0.25, -0.2) is 14.8 Å². The number of anilines is 5. The number of carboxylic acid groups (broad SMARTS) is 1. The Hall–Kier alpha value is -8.60. The number of nitrogens with two attached hydrogens (primary N) is 1. The van der Waals surface area contributed by atoms with E-state index < -0.39 is 58.6 Å². The first kappa shape index (κ1) is 42.0. The Morgan fingerprint density at radius 2 is 1.38 bits per heavy atom. The zero-order chi connectivity index (χ0) is 43.8. The molecule has 0 aliphatic rings. The second kappa shape index (κ2) is 18.3. The number of carbonyl (C=O) groups is 6. The van der Waals surface area contributed by atoms with Gasteiger partial charge in [0.15, 0.2) is 28.1 Å². The molecule has 3 aromatic heterocycles. The number of phenolic OH excluding ortho intramolecular Hbond substituents is 1. The van der Waals surface area contributed by atoms with E-state index in [0.29, 0.717) is 16.3 Å². The Morgan fingerprint density at radius 3 is 1.95 bits per heavy atom. The molecule has 0 saturated heterocycles. The summed E-state index contributed by atoms with van der Waals surface area (Å²) in [5.41, 5.74) is 5.67. The smallest absolute Gasteiger partial charge is 0.339 e. The van der Waals surface area contributed by atoms with Crippen LogP contribution in [0.15, 0.2) is 79.3 Å². The van der Waals surface area contributed by atoms with Crippen LogP contribution in [0.5, 0.6) is 23.0 Å². The number of thiazole rings is 1. The first-order valence-corrected chi connectivity index (χ1v) is 18.3. The normalized spacial score (nSPS) is 11.1. The van der Waals surface area contributed by atoms with Gasteiger partial charge in [0.2, 0.25) is 5.91 Å². The Labute approximate surface area is 347 Å². The number of pyridine rings is 1. The number of aromatic carboxylic acids is 1. The number of phenols is 2. The number of nitrogens with zero attached hydrogens (tertiary/aromatic N) is 4. The van der Waals surface area contributed by atoms with Crippen LogP contribution in [0, 0.1) is 0 Å². The molecule has 6 rings (SSSR count). The van der Waals surface area contributed by atoms with Crippen molar-refractivity contribution in [1.82, 2.24) is 30.7 Å². The molecule has 22 nitrogen and oxygen atoms in total. The third-order valence-corrected chi connectivity index (χ3v) is 9.39. The van der Waals surface area contributed by atoms with E-state index in [-0.39, 0.29) is 56.9 Å². The fourth-order valence-corrected chi connectivity index (χ4v) is 6.17. The Morgan fingerprint density at radius 1 is 0.738 bits per heavy atom. The highest BCUT2D eigenvalue weighted by atomic mass is 32.1. The lowest BCUT2D eigenvalue weighted by molar-refractivity contribution is -0.118. The molecule has 0 aliphatic heterocycles. The van der Waals surface area contributed by atoms with Crippen LogP contribution in [0.3, 0.4) is 0 Å². The molecular weight excluding hydrogens is 819 g/mol. The highest BCUT2D eigenvalue weighted by Gasteiger charge is 2.26. The van der Waals surface area contributed by atoms with Crippen molar-refractivity contribution in [2.45, 2.75) is 12.5 Å². The molecule has 0 aliphatic carbocycles. The van der Waals surface area contributed by atoms with Crippen LogP contribution < -0.4 is 41.8 Å². The summed E-state index contributed by atoms with van der Waals surface area (Å²) in [7, 11) is 2.34. The second-order valence-corrected chi connectivity index (χ2v) is 13.6. The number of H-pyrrole nitrogens is 1. The lowest BCUT2D eigenvalue weighted by Gasteiger charge is -2.18. The molecule has 3 heterocycles. The zero-order valence-electron chi connectivity index (χ0n) is 31.7. The number of nitrogens with one attached hydrogen (secondary N) is 6. The molecule has 0 unspecified atom stereocenters. The highest BCUT2D eigenvalue weighted by molar-refractivity contribution is 7.17. The average Bonchev–Trinajstić information content (AvgIpc) is 3.93. The van der Waals surface area contributed by atoms with E-state index in [1.165, 1.54) is 80.3 Å². The summed E-state index contributed by atoms with van der Waals surface area (Å²) >= 11 is 1.02. The van der Waals surface area contributed by atoms with Crippen LogP contribution in [-0.4, -0.2) is 96.5 Å². The van der Waals surface area contributed by atoms with Gasteiger partial charge in [-0.05, 0) is 60.7 Å². The van der Waals surface area contributed by atoms with Crippen LogP contribution in [0.1, 0.15) is 56.9 Å². The van der Waals surface area contributed by atoms with Crippen molar-refractivity contribution >= 4 is 74.7 Å². The summed E-state index contributed by atoms with van der Waals surface area (Å²) in [6.45, 7) is 0. The number of benzene rings is 3. The highest BCUT2D eigenvalue weighted by Crippen LogP contribution is 2.40. The fraction of sp³-hybridized carbons (Fsp3) is 0.105. The maximum atomic E-state index is 13.5. The van der Waals surface area contributed by atoms with Gasteiger partial charge in [0.1, 0.15) is 22.2 Å². The Kier molecular flexibility index (Phi) is 12.6. The minimum Gasteiger partial charge on any atom is -0.504 e. The van der Waals surface area contributed by atoms with Gasteiger partial charge in [-0.2, -0.15) is 0 Å². The summed E-state index contributed by atoms with van der Waals surface area (Å²) < 4.78 is 10.3. The lowest BCUT2D eigenvalue weighted by Crippen LogP contribution is -2.45. The maximum Gasteiger partial charge on any atom is 0.339 e. The molecule has 0 saturated carbocycles. The number of aromatic amines is 1. The standard InChI is InChI=1S/C38H33N11O11S/c1-59-30-24(11-8-21(28(30)50)33(53)45-23-12-9-22(37(57)58)29(51)31(23)60-2)46-34(54)25-10-7-19(14-40-25)44-35(55)26(13-20-15-42-49-48-20)47-32(52)17-3-5-18(6-4-17)43-36(56)27-16-41-38(39)61-27/h3-12,14-16,26,50-51H,13H2,1-2H3,(H2,39,41)(H,43,56)(H,44,55)(H,45,53)(H,46,54)(H,47,52)(H,57,58)(H,42,48,49)/t26-/m0/s1. The number of nitrogen functional groups attached to an aromatic ring is 1. The van der Waals surface area contributed by atoms with Crippen molar-refractivity contribution in [1.29, 1.82) is 0 Å². The third kappa shape index (κ3) is 9.75. The molecule has 61 heavy (non-hydrogen) atoms. The van der Waals surface area contributed by atoms with Crippen molar-refractivity contribution in [2.24, 2.45) is 0 Å². The summed E-state index contributed by atoms with van der Waals surface area (Å²) in [6, 6.07) is 12.2. The van der Waals surface area contributed by atoms with Crippen molar-refractivity contribution in [3.05, 3.63) is 112 Å². The van der Waals surface area contributed by atoms with Crippen molar-refractivity contribution in [2.75, 3.05) is 41.2 Å². The number of rotatable bonds is 15. The van der Waals surface area contributed by atoms with Gasteiger partial charge in [0.05, 0.1) is 54.9 Å². The first-order valence-electron chi connectivity index (χ1n) is 17.5. The number of amides is 5. The quantitative estimate of drug-likeness (QED) is 0.0709. The molecular formula is C38H33N11O11S. The number of ether oxygens (including phenoxy) is 2. The van der Waals surface area contributed by atoms with Gasteiger partial charge >= 0.3 is 5.97 Å². The number of carboxylic acids is 1. The van der Waals surface area contributed by atoms with Crippen LogP contribution >= 0.6 is 11.3 Å². The summed E-state index contributed by atoms with van der Waals surface area (Å²) in [5.74, 6) is -6.78. The van der Waals surface area contributed by atoms with Crippen molar-refractivity contribution in [3.8, 4) is 23.0 Å². The first-order chi connectivity index (χ1) is 29.3. The van der Waals surface area contributed by atoms with Gasteiger partial charge in [0, 0.05) is 23.9 Å². The number of aromatic nitrogens is 5. The molecule has 6 aromatic rings. The number of methoxy groups -OCH3 is 2. The number of hydrogen-bond acceptors (Lipinski definition) is 16. The van der Waals surface area contributed by atoms with Crippen LogP contribution in [-0.2, 0) is 11.2 Å². The molecule has 0 bridgehead atoms. The predicted octanol–water partition coefficient (Wildman–Crippen LogP) is 3.10. The number of aromatic hydroxyl groups is 2. The summed E-state index contributed by atoms with van der Waals surface area (Å²) in [5, 5.41) is 53.8. The molecule has 23 heteroatoms. The monoisotopic (exact) mass is 851 g/mol. The molecule has 11 N–H and O–H groups in total. The topological polar surface area (TPSA) is 335 Å². The largest absolute Gasteiger partial charge is 0.504 e. The summed E-state index contributed by atoms with van der Waals surface area (Å²) in [4.78, 5) is 85.2. The van der Waals surface area contributed by atoms with Gasteiger partial charge in [-0.3, -0.25) is 29.1 Å². The zero-order valence-corrected chi connectivity index (χ0v) is 32.5. The molecule has 0 spiro atoms. The molecule has 1 atom stereocenters. The van der Waals surface area contributed by atoms with Crippen molar-refractivity contribution < 1.29 is 53.6 Å². The lowest BCUT2D eigenvalue weighted by atomic mass is 10.1. The van der Waals surface area contributed by atoms with E-state index in [4.69, 9.17) is 15.2 Å². The molecule has 0 radical (unpaired) electrons. The van der Waals surface area contributed by atoms with Gasteiger partial charge in [-0.1, -0.05) is 16.6 Å². The minimum atomic E-state index is -1.43. The fourth-order valence-electron chi connectivity index (χ4n) is 5.59. The molecule has 0 fully saturated rings. The van der Waals surface area contributed by atoms with E-state index in [0.717, 1.165) is 24.5 Å². The van der Waals surface area contributed by atoms with Gasteiger partial charge < -0.3 is 57.1 Å². The maximum absolute atomic E-state index is 13.5.